The highest BCUT2D eigenvalue weighted by atomic mass is 16.6. The van der Waals surface area contributed by atoms with Gasteiger partial charge >= 0.3 is 5.97 Å². The number of amides is 1. The smallest absolute Gasteiger partial charge is 0.342 e. The Kier molecular flexibility index (Phi) is 5.49. The van der Waals surface area contributed by atoms with Gasteiger partial charge in [-0.1, -0.05) is 12.1 Å². The van der Waals surface area contributed by atoms with Crippen molar-refractivity contribution in [3.8, 4) is 17.2 Å². The van der Waals surface area contributed by atoms with Gasteiger partial charge in [0.15, 0.2) is 18.1 Å². The average molecular weight is 371 g/mol. The topological polar surface area (TPSA) is 94.1 Å². The van der Waals surface area contributed by atoms with E-state index in [1.807, 2.05) is 19.1 Å². The fraction of sp³-hybridized carbons (Fsp3) is 0.300. The summed E-state index contributed by atoms with van der Waals surface area (Å²) in [5.74, 6) is -0.0616. The molecule has 1 amide bonds. The van der Waals surface area contributed by atoms with Gasteiger partial charge in [0.1, 0.15) is 24.5 Å². The minimum atomic E-state index is -0.755. The molecule has 1 atom stereocenters. The van der Waals surface area contributed by atoms with Crippen LogP contribution in [0.3, 0.4) is 0 Å². The Morgan fingerprint density at radius 3 is 2.63 bits per heavy atom. The maximum atomic E-state index is 12.1. The van der Waals surface area contributed by atoms with Crippen molar-refractivity contribution in [3.63, 3.8) is 0 Å². The maximum absolute atomic E-state index is 12.1. The number of fused-ring (bicyclic) bond motifs is 1. The molecule has 2 aromatic carbocycles. The van der Waals surface area contributed by atoms with E-state index in [4.69, 9.17) is 14.2 Å². The summed E-state index contributed by atoms with van der Waals surface area (Å²) in [7, 11) is 0. The molecule has 0 saturated carbocycles. The van der Waals surface area contributed by atoms with Gasteiger partial charge in [-0.25, -0.2) is 4.79 Å². The first-order valence-corrected chi connectivity index (χ1v) is 8.59. The molecule has 1 unspecified atom stereocenters. The van der Waals surface area contributed by atoms with Gasteiger partial charge in [-0.15, -0.1) is 0 Å². The van der Waals surface area contributed by atoms with Gasteiger partial charge in [0.05, 0.1) is 6.04 Å². The van der Waals surface area contributed by atoms with Gasteiger partial charge < -0.3 is 24.6 Å². The van der Waals surface area contributed by atoms with Crippen LogP contribution in [0.2, 0.25) is 0 Å². The van der Waals surface area contributed by atoms with E-state index < -0.39 is 18.5 Å². The Bertz CT molecular complexity index is 864. The molecule has 142 valence electrons. The predicted octanol–water partition coefficient (Wildman–Crippen LogP) is 2.51. The standard InChI is InChI=1S/C20H21NO6/c1-12-3-5-15(16(22)9-12)20(24)27-11-19(23)21-13(2)14-4-6-17-18(10-14)26-8-7-25-17/h3-6,9-10,13,22H,7-8,11H2,1-2H3,(H,21,23). The van der Waals surface area contributed by atoms with Crippen molar-refractivity contribution in [3.05, 3.63) is 53.1 Å². The number of aryl methyl sites for hydroxylation is 1. The van der Waals surface area contributed by atoms with Crippen LogP contribution in [-0.4, -0.2) is 36.8 Å². The summed E-state index contributed by atoms with van der Waals surface area (Å²) >= 11 is 0. The molecule has 0 saturated heterocycles. The highest BCUT2D eigenvalue weighted by molar-refractivity contribution is 5.94. The first-order chi connectivity index (χ1) is 12.9. The number of rotatable bonds is 5. The lowest BCUT2D eigenvalue weighted by Gasteiger charge is -2.21. The monoisotopic (exact) mass is 371 g/mol. The van der Waals surface area contributed by atoms with Crippen LogP contribution in [0, 0.1) is 6.92 Å². The molecule has 0 fully saturated rings. The molecule has 0 bridgehead atoms. The molecule has 7 heteroatoms. The Morgan fingerprint density at radius 1 is 1.15 bits per heavy atom. The number of phenols is 1. The number of phenolic OH excluding ortho intramolecular Hbond substituents is 1. The number of aromatic hydroxyl groups is 1. The molecular formula is C20H21NO6. The molecule has 0 aromatic heterocycles. The molecule has 1 aliphatic heterocycles. The quantitative estimate of drug-likeness (QED) is 0.785. The second-order valence-corrected chi connectivity index (χ2v) is 6.29. The zero-order chi connectivity index (χ0) is 19.4. The summed E-state index contributed by atoms with van der Waals surface area (Å²) in [6.07, 6.45) is 0. The summed E-state index contributed by atoms with van der Waals surface area (Å²) < 4.78 is 16.0. The highest BCUT2D eigenvalue weighted by Gasteiger charge is 2.18. The van der Waals surface area contributed by atoms with Crippen LogP contribution in [0.25, 0.3) is 0 Å². The van der Waals surface area contributed by atoms with E-state index in [-0.39, 0.29) is 17.4 Å². The van der Waals surface area contributed by atoms with E-state index >= 15 is 0 Å². The van der Waals surface area contributed by atoms with Gasteiger partial charge in [-0.2, -0.15) is 0 Å². The van der Waals surface area contributed by atoms with Gasteiger partial charge in [-0.3, -0.25) is 4.79 Å². The molecule has 2 N–H and O–H groups in total. The summed E-state index contributed by atoms with van der Waals surface area (Å²) in [4.78, 5) is 24.1. The Balaban J connectivity index is 1.55. The van der Waals surface area contributed by atoms with Crippen LogP contribution in [0.5, 0.6) is 17.2 Å². The second kappa shape index (κ2) is 7.99. The summed E-state index contributed by atoms with van der Waals surface area (Å²) in [6.45, 7) is 4.17. The second-order valence-electron chi connectivity index (χ2n) is 6.29. The summed E-state index contributed by atoms with van der Waals surface area (Å²) in [5, 5.41) is 12.6. The van der Waals surface area contributed by atoms with Gasteiger partial charge in [0.2, 0.25) is 0 Å². The van der Waals surface area contributed by atoms with Crippen molar-refractivity contribution in [1.29, 1.82) is 0 Å². The lowest BCUT2D eigenvalue weighted by Crippen LogP contribution is -2.31. The third kappa shape index (κ3) is 4.49. The lowest BCUT2D eigenvalue weighted by atomic mass is 10.1. The number of ether oxygens (including phenoxy) is 3. The third-order valence-corrected chi connectivity index (χ3v) is 4.15. The van der Waals surface area contributed by atoms with Crippen molar-refractivity contribution in [1.82, 2.24) is 5.32 Å². The van der Waals surface area contributed by atoms with E-state index in [1.54, 1.807) is 19.1 Å². The SMILES string of the molecule is Cc1ccc(C(=O)OCC(=O)NC(C)c2ccc3c(c2)OCCO3)c(O)c1. The summed E-state index contributed by atoms with van der Waals surface area (Å²) in [5.41, 5.74) is 1.68. The minimum Gasteiger partial charge on any atom is -0.507 e. The number of nitrogens with one attached hydrogen (secondary N) is 1. The van der Waals surface area contributed by atoms with E-state index in [0.717, 1.165) is 11.1 Å². The molecule has 1 aliphatic rings. The zero-order valence-electron chi connectivity index (χ0n) is 15.2. The summed E-state index contributed by atoms with van der Waals surface area (Å²) in [6, 6.07) is 9.75. The van der Waals surface area contributed by atoms with Gasteiger partial charge in [0, 0.05) is 0 Å². The zero-order valence-corrected chi connectivity index (χ0v) is 15.2. The van der Waals surface area contributed by atoms with Crippen LogP contribution >= 0.6 is 0 Å². The van der Waals surface area contributed by atoms with E-state index in [9.17, 15) is 14.7 Å². The largest absolute Gasteiger partial charge is 0.507 e. The number of esters is 1. The van der Waals surface area contributed by atoms with Gasteiger partial charge in [0.25, 0.3) is 5.91 Å². The van der Waals surface area contributed by atoms with Crippen molar-refractivity contribution in [2.75, 3.05) is 19.8 Å². The molecule has 27 heavy (non-hydrogen) atoms. The number of carbonyl (C=O) groups excluding carboxylic acids is 2. The molecule has 2 aromatic rings. The maximum Gasteiger partial charge on any atom is 0.342 e. The van der Waals surface area contributed by atoms with Gasteiger partial charge in [-0.05, 0) is 49.2 Å². The molecule has 3 rings (SSSR count). The number of benzene rings is 2. The molecule has 0 spiro atoms. The normalized spacial score (nSPS) is 13.6. The minimum absolute atomic E-state index is 0.0216. The highest BCUT2D eigenvalue weighted by Crippen LogP contribution is 2.32. The fourth-order valence-electron chi connectivity index (χ4n) is 2.72. The van der Waals surface area contributed by atoms with Crippen molar-refractivity contribution < 1.29 is 28.9 Å². The average Bonchev–Trinajstić information content (AvgIpc) is 2.65. The van der Waals surface area contributed by atoms with E-state index in [0.29, 0.717) is 24.7 Å². The molecule has 1 heterocycles. The molecular weight excluding hydrogens is 350 g/mol. The Morgan fingerprint density at radius 2 is 1.89 bits per heavy atom. The van der Waals surface area contributed by atoms with Crippen LogP contribution in [0.4, 0.5) is 0 Å². The predicted molar refractivity (Wildman–Crippen MR) is 97.1 cm³/mol. The van der Waals surface area contributed by atoms with E-state index in [2.05, 4.69) is 5.32 Å². The molecule has 7 nitrogen and oxygen atoms in total. The third-order valence-electron chi connectivity index (χ3n) is 4.15. The molecule has 0 aliphatic carbocycles. The van der Waals surface area contributed by atoms with Crippen LogP contribution in [0.15, 0.2) is 36.4 Å². The van der Waals surface area contributed by atoms with Crippen LogP contribution in [0.1, 0.15) is 34.5 Å². The Labute approximate surface area is 156 Å². The van der Waals surface area contributed by atoms with Crippen LogP contribution < -0.4 is 14.8 Å². The number of carbonyl (C=O) groups is 2. The fourth-order valence-corrected chi connectivity index (χ4v) is 2.72. The number of hydrogen-bond acceptors (Lipinski definition) is 6. The number of hydrogen-bond donors (Lipinski definition) is 2. The lowest BCUT2D eigenvalue weighted by molar-refractivity contribution is -0.124. The van der Waals surface area contributed by atoms with Crippen molar-refractivity contribution in [2.24, 2.45) is 0 Å². The Hall–Kier alpha value is -3.22. The first kappa shape index (κ1) is 18.6. The van der Waals surface area contributed by atoms with E-state index in [1.165, 1.54) is 12.1 Å². The van der Waals surface area contributed by atoms with Crippen molar-refractivity contribution >= 4 is 11.9 Å². The first-order valence-electron chi connectivity index (χ1n) is 8.59. The van der Waals surface area contributed by atoms with Crippen LogP contribution in [-0.2, 0) is 9.53 Å². The van der Waals surface area contributed by atoms with Crippen molar-refractivity contribution in [2.45, 2.75) is 19.9 Å². The molecule has 0 radical (unpaired) electrons.